The summed E-state index contributed by atoms with van der Waals surface area (Å²) in [5, 5.41) is 0.818. The Morgan fingerprint density at radius 1 is 1.14 bits per heavy atom. The van der Waals surface area contributed by atoms with Crippen LogP contribution in [0.25, 0.3) is 22.4 Å². The van der Waals surface area contributed by atoms with Crippen LogP contribution >= 0.6 is 23.2 Å². The molecule has 0 bridgehead atoms. The van der Waals surface area contributed by atoms with Crippen LogP contribution in [0.3, 0.4) is 0 Å². The second-order valence-corrected chi connectivity index (χ2v) is 8.39. The number of aromatic amines is 1. The van der Waals surface area contributed by atoms with Gasteiger partial charge in [0.15, 0.2) is 0 Å². The average molecular weight is 434 g/mol. The van der Waals surface area contributed by atoms with Crippen molar-refractivity contribution < 1.29 is 14.3 Å². The second kappa shape index (κ2) is 8.05. The van der Waals surface area contributed by atoms with E-state index in [1.807, 2.05) is 12.1 Å². The van der Waals surface area contributed by atoms with Crippen molar-refractivity contribution in [2.45, 2.75) is 33.3 Å². The number of esters is 1. The lowest BCUT2D eigenvalue weighted by atomic mass is 10.1. The van der Waals surface area contributed by atoms with Gasteiger partial charge in [-0.2, -0.15) is 0 Å². The number of ether oxygens (including phenoxy) is 1. The molecule has 1 aromatic heterocycles. The average Bonchev–Trinajstić information content (AvgIpc) is 3.01. The number of nitrogens with zero attached hydrogens (tertiary/aromatic N) is 2. The van der Waals surface area contributed by atoms with Crippen LogP contribution in [0.15, 0.2) is 36.4 Å². The lowest BCUT2D eigenvalue weighted by Gasteiger charge is -2.25. The van der Waals surface area contributed by atoms with Gasteiger partial charge < -0.3 is 14.6 Å². The summed E-state index contributed by atoms with van der Waals surface area (Å²) in [6.07, 6.45) is 0. The van der Waals surface area contributed by atoms with E-state index >= 15 is 0 Å². The number of imidazole rings is 1. The molecule has 0 saturated carbocycles. The number of para-hydroxylation sites is 1. The molecule has 6 nitrogen and oxygen atoms in total. The fraction of sp³-hybridized carbons (Fsp3) is 0.286. The Labute approximate surface area is 178 Å². The third kappa shape index (κ3) is 4.89. The molecule has 0 radical (unpaired) electrons. The van der Waals surface area contributed by atoms with Crippen molar-refractivity contribution in [3.63, 3.8) is 0 Å². The Bertz CT molecular complexity index is 1050. The lowest BCUT2D eigenvalue weighted by molar-refractivity contribution is -0.153. The first-order valence-electron chi connectivity index (χ1n) is 8.99. The van der Waals surface area contributed by atoms with Crippen LogP contribution in [0, 0.1) is 0 Å². The molecule has 29 heavy (non-hydrogen) atoms. The number of benzene rings is 2. The van der Waals surface area contributed by atoms with Crippen molar-refractivity contribution in [2.24, 2.45) is 0 Å². The standard InChI is InChI=1S/C21H21Cl2N3O3/c1-12(27)26(11-19(28)29-21(2,3)4)18-8-6-5-7-13(18)20-24-16-9-14(22)15(23)10-17(16)25-20/h5-10H,11H2,1-4H3,(H,24,25). The van der Waals surface area contributed by atoms with Crippen LogP contribution in [0.5, 0.6) is 0 Å². The highest BCUT2D eigenvalue weighted by atomic mass is 35.5. The van der Waals surface area contributed by atoms with Gasteiger partial charge in [0.25, 0.3) is 0 Å². The molecule has 152 valence electrons. The van der Waals surface area contributed by atoms with Crippen molar-refractivity contribution in [3.05, 3.63) is 46.4 Å². The number of amides is 1. The zero-order chi connectivity index (χ0) is 21.3. The fourth-order valence-electron chi connectivity index (χ4n) is 2.91. The summed E-state index contributed by atoms with van der Waals surface area (Å²) >= 11 is 12.2. The fourth-order valence-corrected chi connectivity index (χ4v) is 3.23. The summed E-state index contributed by atoms with van der Waals surface area (Å²) in [4.78, 5) is 33.8. The van der Waals surface area contributed by atoms with E-state index in [1.54, 1.807) is 45.0 Å². The van der Waals surface area contributed by atoms with Crippen molar-refractivity contribution >= 4 is 51.8 Å². The number of carbonyl (C=O) groups is 2. The monoisotopic (exact) mass is 433 g/mol. The Morgan fingerprint density at radius 2 is 1.79 bits per heavy atom. The number of hydrogen-bond donors (Lipinski definition) is 1. The van der Waals surface area contributed by atoms with Gasteiger partial charge in [-0.3, -0.25) is 9.59 Å². The predicted octanol–water partition coefficient (Wildman–Crippen LogP) is 5.23. The molecule has 0 saturated heterocycles. The first kappa shape index (κ1) is 21.1. The molecule has 1 heterocycles. The van der Waals surface area contributed by atoms with Gasteiger partial charge in [-0.05, 0) is 45.0 Å². The number of nitrogens with one attached hydrogen (secondary N) is 1. The van der Waals surface area contributed by atoms with E-state index in [2.05, 4.69) is 9.97 Å². The third-order valence-corrected chi connectivity index (χ3v) is 4.78. The minimum absolute atomic E-state index is 0.207. The van der Waals surface area contributed by atoms with Gasteiger partial charge in [0, 0.05) is 12.5 Å². The topological polar surface area (TPSA) is 75.3 Å². The molecule has 8 heteroatoms. The SMILES string of the molecule is CC(=O)N(CC(=O)OC(C)(C)C)c1ccccc1-c1nc2cc(Cl)c(Cl)cc2[nH]1. The molecular formula is C21H21Cl2N3O3. The van der Waals surface area contributed by atoms with E-state index in [4.69, 9.17) is 27.9 Å². The molecule has 1 N–H and O–H groups in total. The van der Waals surface area contributed by atoms with Gasteiger partial charge in [-0.15, -0.1) is 0 Å². The van der Waals surface area contributed by atoms with Gasteiger partial charge in [0.2, 0.25) is 5.91 Å². The number of rotatable bonds is 4. The van der Waals surface area contributed by atoms with Crippen LogP contribution in [0.1, 0.15) is 27.7 Å². The summed E-state index contributed by atoms with van der Waals surface area (Å²) in [6, 6.07) is 10.6. The summed E-state index contributed by atoms with van der Waals surface area (Å²) in [7, 11) is 0. The minimum Gasteiger partial charge on any atom is -0.459 e. The predicted molar refractivity (Wildman–Crippen MR) is 115 cm³/mol. The maximum Gasteiger partial charge on any atom is 0.326 e. The van der Waals surface area contributed by atoms with E-state index in [0.717, 1.165) is 0 Å². The Morgan fingerprint density at radius 3 is 2.45 bits per heavy atom. The lowest BCUT2D eigenvalue weighted by Crippen LogP contribution is -2.38. The highest BCUT2D eigenvalue weighted by Crippen LogP contribution is 2.33. The van der Waals surface area contributed by atoms with E-state index in [1.165, 1.54) is 11.8 Å². The summed E-state index contributed by atoms with van der Waals surface area (Å²) in [6.45, 7) is 6.53. The van der Waals surface area contributed by atoms with Crippen LogP contribution in [0.4, 0.5) is 5.69 Å². The van der Waals surface area contributed by atoms with Crippen molar-refractivity contribution in [1.29, 1.82) is 0 Å². The van der Waals surface area contributed by atoms with Gasteiger partial charge in [0.05, 0.1) is 26.8 Å². The quantitative estimate of drug-likeness (QED) is 0.571. The molecule has 0 aliphatic carbocycles. The Balaban J connectivity index is 2.02. The number of fused-ring (bicyclic) bond motifs is 1. The van der Waals surface area contributed by atoms with Crippen LogP contribution in [-0.2, 0) is 14.3 Å². The molecule has 2 aromatic carbocycles. The summed E-state index contributed by atoms with van der Waals surface area (Å²) < 4.78 is 5.37. The molecule has 3 rings (SSSR count). The van der Waals surface area contributed by atoms with Crippen molar-refractivity contribution in [1.82, 2.24) is 9.97 Å². The maximum atomic E-state index is 12.3. The molecule has 0 aliphatic heterocycles. The molecule has 0 unspecified atom stereocenters. The first-order chi connectivity index (χ1) is 13.5. The Kier molecular flexibility index (Phi) is 5.87. The zero-order valence-corrected chi connectivity index (χ0v) is 18.1. The first-order valence-corrected chi connectivity index (χ1v) is 9.75. The third-order valence-electron chi connectivity index (χ3n) is 4.06. The van der Waals surface area contributed by atoms with Gasteiger partial charge >= 0.3 is 5.97 Å². The van der Waals surface area contributed by atoms with Crippen LogP contribution in [-0.4, -0.2) is 34.0 Å². The van der Waals surface area contributed by atoms with E-state index < -0.39 is 11.6 Å². The number of hydrogen-bond acceptors (Lipinski definition) is 4. The molecule has 0 aliphatic rings. The highest BCUT2D eigenvalue weighted by molar-refractivity contribution is 6.42. The molecular weight excluding hydrogens is 413 g/mol. The molecule has 1 amide bonds. The smallest absolute Gasteiger partial charge is 0.326 e. The van der Waals surface area contributed by atoms with E-state index in [9.17, 15) is 9.59 Å². The zero-order valence-electron chi connectivity index (χ0n) is 16.5. The number of carbonyl (C=O) groups excluding carboxylic acids is 2. The molecule has 3 aromatic rings. The van der Waals surface area contributed by atoms with Crippen molar-refractivity contribution in [3.8, 4) is 11.4 Å². The van der Waals surface area contributed by atoms with Crippen molar-refractivity contribution in [2.75, 3.05) is 11.4 Å². The van der Waals surface area contributed by atoms with Gasteiger partial charge in [0.1, 0.15) is 18.0 Å². The van der Waals surface area contributed by atoms with E-state index in [0.29, 0.717) is 38.2 Å². The number of halogens is 2. The molecule has 0 fully saturated rings. The molecule has 0 atom stereocenters. The minimum atomic E-state index is -0.643. The normalized spacial score (nSPS) is 11.5. The second-order valence-electron chi connectivity index (χ2n) is 7.58. The Hall–Kier alpha value is -2.57. The number of aromatic nitrogens is 2. The van der Waals surface area contributed by atoms with E-state index in [-0.39, 0.29) is 12.5 Å². The highest BCUT2D eigenvalue weighted by Gasteiger charge is 2.24. The largest absolute Gasteiger partial charge is 0.459 e. The summed E-state index contributed by atoms with van der Waals surface area (Å²) in [5.74, 6) is -0.249. The maximum absolute atomic E-state index is 12.3. The van der Waals surface area contributed by atoms with Gasteiger partial charge in [-0.25, -0.2) is 4.98 Å². The number of anilines is 1. The van der Waals surface area contributed by atoms with Gasteiger partial charge in [-0.1, -0.05) is 35.3 Å². The molecule has 0 spiro atoms. The van der Waals surface area contributed by atoms with Crippen LogP contribution in [0.2, 0.25) is 10.0 Å². The van der Waals surface area contributed by atoms with Crippen LogP contribution < -0.4 is 4.90 Å². The number of H-pyrrole nitrogens is 1. The summed E-state index contributed by atoms with van der Waals surface area (Å²) in [5.41, 5.74) is 1.92.